The van der Waals surface area contributed by atoms with Gasteiger partial charge < -0.3 is 9.84 Å². The zero-order valence-corrected chi connectivity index (χ0v) is 16.9. The van der Waals surface area contributed by atoms with Gasteiger partial charge in [0.15, 0.2) is 0 Å². The lowest BCUT2D eigenvalue weighted by Gasteiger charge is -2.46. The van der Waals surface area contributed by atoms with E-state index >= 15 is 0 Å². The van der Waals surface area contributed by atoms with Crippen molar-refractivity contribution >= 4 is 15.9 Å². The highest BCUT2D eigenvalue weighted by Crippen LogP contribution is 2.55. The Morgan fingerprint density at radius 3 is 2.79 bits per heavy atom. The first-order valence-corrected chi connectivity index (χ1v) is 10.0. The molecule has 1 aliphatic heterocycles. The van der Waals surface area contributed by atoms with Crippen molar-refractivity contribution in [3.63, 3.8) is 0 Å². The van der Waals surface area contributed by atoms with Crippen molar-refractivity contribution in [2.45, 2.75) is 77.7 Å². The number of phenolic OH excluding ortho intramolecular Hbond substituents is 1. The summed E-state index contributed by atoms with van der Waals surface area (Å²) in [6.07, 6.45) is 9.12. The number of aryl methyl sites for hydroxylation is 1. The average Bonchev–Trinajstić information content (AvgIpc) is 2.51. The van der Waals surface area contributed by atoms with Crippen LogP contribution in [0.2, 0.25) is 0 Å². The molecule has 0 saturated heterocycles. The highest BCUT2D eigenvalue weighted by molar-refractivity contribution is 9.10. The van der Waals surface area contributed by atoms with Gasteiger partial charge >= 0.3 is 0 Å². The summed E-state index contributed by atoms with van der Waals surface area (Å²) >= 11 is 3.65. The van der Waals surface area contributed by atoms with E-state index in [2.05, 4.69) is 55.8 Å². The molecule has 2 atom stereocenters. The molecule has 1 aliphatic carbocycles. The van der Waals surface area contributed by atoms with Crippen molar-refractivity contribution in [3.05, 3.63) is 33.3 Å². The molecular weight excluding hydrogens is 364 g/mol. The van der Waals surface area contributed by atoms with Gasteiger partial charge in [0.25, 0.3) is 0 Å². The van der Waals surface area contributed by atoms with Crippen LogP contribution < -0.4 is 4.74 Å². The molecule has 0 amide bonds. The Morgan fingerprint density at radius 2 is 2.08 bits per heavy atom. The minimum Gasteiger partial charge on any atom is -0.506 e. The predicted octanol–water partition coefficient (Wildman–Crippen LogP) is 6.50. The second-order valence-electron chi connectivity index (χ2n) is 7.96. The Morgan fingerprint density at radius 1 is 1.33 bits per heavy atom. The fourth-order valence-corrected chi connectivity index (χ4v) is 4.86. The SMILES string of the molecule is CCCCCc1cc2c(c(O)c1Br)[C@@H]1C=C(C)CC[C@H]1C(C)(C)O2. The van der Waals surface area contributed by atoms with Crippen molar-refractivity contribution < 1.29 is 9.84 Å². The lowest BCUT2D eigenvalue weighted by atomic mass is 9.68. The van der Waals surface area contributed by atoms with E-state index in [1.165, 1.54) is 18.4 Å². The van der Waals surface area contributed by atoms with Crippen molar-refractivity contribution in [2.75, 3.05) is 0 Å². The van der Waals surface area contributed by atoms with Crippen LogP contribution in [0.1, 0.15) is 76.8 Å². The topological polar surface area (TPSA) is 29.5 Å². The summed E-state index contributed by atoms with van der Waals surface area (Å²) in [7, 11) is 0. The quantitative estimate of drug-likeness (QED) is 0.467. The fraction of sp³-hybridized carbons (Fsp3) is 0.619. The number of aromatic hydroxyl groups is 1. The summed E-state index contributed by atoms with van der Waals surface area (Å²) in [5.74, 6) is 1.92. The maximum atomic E-state index is 10.9. The zero-order chi connectivity index (χ0) is 17.5. The Bertz CT molecular complexity index is 660. The van der Waals surface area contributed by atoms with E-state index in [1.54, 1.807) is 0 Å². The van der Waals surface area contributed by atoms with E-state index in [-0.39, 0.29) is 11.5 Å². The third kappa shape index (κ3) is 3.12. The molecule has 3 rings (SSSR count). The van der Waals surface area contributed by atoms with Crippen molar-refractivity contribution in [2.24, 2.45) is 5.92 Å². The summed E-state index contributed by atoms with van der Waals surface area (Å²) in [5.41, 5.74) is 3.35. The number of hydrogen-bond donors (Lipinski definition) is 1. The van der Waals surface area contributed by atoms with Gasteiger partial charge in [-0.25, -0.2) is 0 Å². The molecule has 2 nitrogen and oxygen atoms in total. The maximum absolute atomic E-state index is 10.9. The molecule has 0 aromatic heterocycles. The number of allylic oxidation sites excluding steroid dienone is 2. The molecular formula is C21H29BrO2. The van der Waals surface area contributed by atoms with Crippen molar-refractivity contribution in [1.29, 1.82) is 0 Å². The first-order valence-electron chi connectivity index (χ1n) is 9.25. The number of hydrogen-bond acceptors (Lipinski definition) is 2. The Kier molecular flexibility index (Phi) is 5.01. The predicted molar refractivity (Wildman–Crippen MR) is 103 cm³/mol. The van der Waals surface area contributed by atoms with Gasteiger partial charge in [0.05, 0.1) is 4.47 Å². The van der Waals surface area contributed by atoms with Gasteiger partial charge in [0, 0.05) is 17.4 Å². The molecule has 1 heterocycles. The standard InChI is InChI=1S/C21H29BrO2/c1-5-6-7-8-14-12-17-18(20(23)19(14)22)15-11-13(2)9-10-16(15)21(3,4)24-17/h11-12,15-16,23H,5-10H2,1-4H3/t15-,16-/m1/s1. The van der Waals surface area contributed by atoms with Crippen LogP contribution in [0.25, 0.3) is 0 Å². The Hall–Kier alpha value is -0.960. The van der Waals surface area contributed by atoms with E-state index < -0.39 is 0 Å². The van der Waals surface area contributed by atoms with Gasteiger partial charge in [0.2, 0.25) is 0 Å². The van der Waals surface area contributed by atoms with Gasteiger partial charge in [-0.05, 0) is 74.0 Å². The fourth-order valence-electron chi connectivity index (χ4n) is 4.33. The smallest absolute Gasteiger partial charge is 0.137 e. The second-order valence-corrected chi connectivity index (χ2v) is 8.75. The molecule has 1 N–H and O–H groups in total. The summed E-state index contributed by atoms with van der Waals surface area (Å²) in [4.78, 5) is 0. The lowest BCUT2D eigenvalue weighted by Crippen LogP contribution is -2.45. The molecule has 0 saturated carbocycles. The summed E-state index contributed by atoms with van der Waals surface area (Å²) < 4.78 is 7.25. The number of unbranched alkanes of at least 4 members (excludes halogenated alkanes) is 2. The monoisotopic (exact) mass is 392 g/mol. The van der Waals surface area contributed by atoms with Gasteiger partial charge in [-0.2, -0.15) is 0 Å². The lowest BCUT2D eigenvalue weighted by molar-refractivity contribution is 0.0106. The first-order chi connectivity index (χ1) is 11.3. The molecule has 2 aliphatic rings. The number of ether oxygens (including phenoxy) is 1. The summed E-state index contributed by atoms with van der Waals surface area (Å²) in [5, 5.41) is 10.9. The molecule has 0 fully saturated rings. The molecule has 1 aromatic rings. The maximum Gasteiger partial charge on any atom is 0.137 e. The third-order valence-electron chi connectivity index (χ3n) is 5.71. The minimum atomic E-state index is -0.199. The number of benzene rings is 1. The third-order valence-corrected chi connectivity index (χ3v) is 6.60. The van der Waals surface area contributed by atoms with Crippen LogP contribution >= 0.6 is 15.9 Å². The van der Waals surface area contributed by atoms with Crippen LogP contribution in [0.5, 0.6) is 11.5 Å². The molecule has 0 spiro atoms. The molecule has 3 heteroatoms. The Labute approximate surface area is 154 Å². The van der Waals surface area contributed by atoms with Gasteiger partial charge in [0.1, 0.15) is 17.1 Å². The minimum absolute atomic E-state index is 0.199. The van der Waals surface area contributed by atoms with Crippen molar-refractivity contribution in [3.8, 4) is 11.5 Å². The normalized spacial score (nSPS) is 24.6. The van der Waals surface area contributed by atoms with Crippen LogP contribution in [0.15, 0.2) is 22.2 Å². The first kappa shape index (κ1) is 17.8. The number of phenols is 1. The average molecular weight is 393 g/mol. The number of halogens is 1. The summed E-state index contributed by atoms with van der Waals surface area (Å²) in [6, 6.07) is 2.16. The van der Waals surface area contributed by atoms with Gasteiger partial charge in [-0.15, -0.1) is 0 Å². The molecule has 0 unspecified atom stereocenters. The van der Waals surface area contributed by atoms with Gasteiger partial charge in [-0.3, -0.25) is 0 Å². The summed E-state index contributed by atoms with van der Waals surface area (Å²) in [6.45, 7) is 8.79. The second kappa shape index (κ2) is 6.74. The Balaban J connectivity index is 2.06. The largest absolute Gasteiger partial charge is 0.506 e. The van der Waals surface area contributed by atoms with Crippen LogP contribution in [-0.4, -0.2) is 10.7 Å². The number of fused-ring (bicyclic) bond motifs is 3. The van der Waals surface area contributed by atoms with E-state index in [9.17, 15) is 5.11 Å². The molecule has 0 bridgehead atoms. The molecule has 0 radical (unpaired) electrons. The molecule has 24 heavy (non-hydrogen) atoms. The van der Waals surface area contributed by atoms with E-state index in [4.69, 9.17) is 4.74 Å². The van der Waals surface area contributed by atoms with Crippen LogP contribution in [0.3, 0.4) is 0 Å². The van der Waals surface area contributed by atoms with E-state index in [0.717, 1.165) is 47.0 Å². The molecule has 132 valence electrons. The highest BCUT2D eigenvalue weighted by Gasteiger charge is 2.45. The zero-order valence-electron chi connectivity index (χ0n) is 15.3. The van der Waals surface area contributed by atoms with Gasteiger partial charge in [-0.1, -0.05) is 31.4 Å². The van der Waals surface area contributed by atoms with Crippen LogP contribution in [0.4, 0.5) is 0 Å². The van der Waals surface area contributed by atoms with Crippen LogP contribution in [-0.2, 0) is 6.42 Å². The van der Waals surface area contributed by atoms with Crippen LogP contribution in [0, 0.1) is 5.92 Å². The number of rotatable bonds is 4. The highest BCUT2D eigenvalue weighted by atomic mass is 79.9. The van der Waals surface area contributed by atoms with E-state index in [1.807, 2.05) is 0 Å². The molecule has 1 aromatic carbocycles. The van der Waals surface area contributed by atoms with Crippen molar-refractivity contribution in [1.82, 2.24) is 0 Å². The van der Waals surface area contributed by atoms with E-state index in [0.29, 0.717) is 11.7 Å².